The highest BCUT2D eigenvalue weighted by Crippen LogP contribution is 2.20. The van der Waals surface area contributed by atoms with Crippen LogP contribution in [0.3, 0.4) is 0 Å². The Hall–Kier alpha value is 0.230. The molecule has 0 aliphatic carbocycles. The summed E-state index contributed by atoms with van der Waals surface area (Å²) in [6.45, 7) is 5.17. The molecule has 0 aromatic heterocycles. The van der Waals surface area contributed by atoms with Crippen LogP contribution in [0.2, 0.25) is 0 Å². The van der Waals surface area contributed by atoms with E-state index in [0.717, 1.165) is 31.9 Å². The Morgan fingerprint density at radius 2 is 2.38 bits per heavy atom. The van der Waals surface area contributed by atoms with Crippen LogP contribution in [0.1, 0.15) is 13.3 Å². The van der Waals surface area contributed by atoms with Crippen LogP contribution in [0.25, 0.3) is 0 Å². The maximum Gasteiger partial charge on any atom is 0.0607 e. The molecule has 4 heteroatoms. The van der Waals surface area contributed by atoms with Gasteiger partial charge in [-0.3, -0.25) is 0 Å². The van der Waals surface area contributed by atoms with Gasteiger partial charge in [0, 0.05) is 18.4 Å². The molecule has 1 saturated heterocycles. The molecule has 3 nitrogen and oxygen atoms in total. The molecule has 1 heterocycles. The fourth-order valence-corrected chi connectivity index (χ4v) is 2.43. The number of rotatable bonds is 7. The first-order valence-corrected chi connectivity index (χ1v) is 5.95. The van der Waals surface area contributed by atoms with Crippen LogP contribution >= 0.6 is 11.8 Å². The van der Waals surface area contributed by atoms with E-state index in [1.165, 1.54) is 0 Å². The van der Waals surface area contributed by atoms with Crippen LogP contribution in [0.5, 0.6) is 0 Å². The van der Waals surface area contributed by atoms with E-state index in [-0.39, 0.29) is 6.61 Å². The Morgan fingerprint density at radius 3 is 2.85 bits per heavy atom. The van der Waals surface area contributed by atoms with Crippen LogP contribution in [-0.4, -0.2) is 48.5 Å². The lowest BCUT2D eigenvalue weighted by atomic mass is 10.2. The number of hydrogen-bond donors (Lipinski definition) is 2. The van der Waals surface area contributed by atoms with Gasteiger partial charge in [0.1, 0.15) is 0 Å². The third kappa shape index (κ3) is 4.31. The molecule has 1 aliphatic rings. The third-order valence-electron chi connectivity index (χ3n) is 2.11. The first-order valence-electron chi connectivity index (χ1n) is 4.90. The molecule has 1 rings (SSSR count). The summed E-state index contributed by atoms with van der Waals surface area (Å²) in [5, 5.41) is 12.9. The SMILES string of the molecule is CCNC(CCO)CSC1COC1. The number of aliphatic hydroxyl groups is 1. The quantitative estimate of drug-likeness (QED) is 0.634. The Labute approximate surface area is 84.2 Å². The van der Waals surface area contributed by atoms with Crippen LogP contribution in [0.15, 0.2) is 0 Å². The second kappa shape index (κ2) is 6.65. The normalized spacial score (nSPS) is 19.8. The number of ether oxygens (including phenoxy) is 1. The van der Waals surface area contributed by atoms with Gasteiger partial charge >= 0.3 is 0 Å². The monoisotopic (exact) mass is 205 g/mol. The molecule has 0 bridgehead atoms. The number of hydrogen-bond acceptors (Lipinski definition) is 4. The molecule has 13 heavy (non-hydrogen) atoms. The van der Waals surface area contributed by atoms with E-state index in [9.17, 15) is 0 Å². The Bertz CT molecular complexity index is 125. The van der Waals surface area contributed by atoms with Crippen molar-refractivity contribution >= 4 is 11.8 Å². The molecule has 0 spiro atoms. The van der Waals surface area contributed by atoms with Gasteiger partial charge in [0.2, 0.25) is 0 Å². The van der Waals surface area contributed by atoms with Gasteiger partial charge < -0.3 is 15.2 Å². The lowest BCUT2D eigenvalue weighted by Crippen LogP contribution is -2.36. The lowest BCUT2D eigenvalue weighted by molar-refractivity contribution is 0.0455. The van der Waals surface area contributed by atoms with E-state index >= 15 is 0 Å². The molecule has 0 radical (unpaired) electrons. The number of aliphatic hydroxyl groups excluding tert-OH is 1. The first kappa shape index (κ1) is 11.3. The molecular formula is C9H19NO2S. The van der Waals surface area contributed by atoms with Crippen molar-refractivity contribution in [2.24, 2.45) is 0 Å². The summed E-state index contributed by atoms with van der Waals surface area (Å²) in [7, 11) is 0. The molecular weight excluding hydrogens is 186 g/mol. The van der Waals surface area contributed by atoms with Gasteiger partial charge in [0.25, 0.3) is 0 Å². The zero-order valence-electron chi connectivity index (χ0n) is 8.16. The van der Waals surface area contributed by atoms with Crippen molar-refractivity contribution in [1.82, 2.24) is 5.32 Å². The van der Waals surface area contributed by atoms with Crippen molar-refractivity contribution in [1.29, 1.82) is 0 Å². The Kier molecular flexibility index (Phi) is 5.78. The Balaban J connectivity index is 2.05. The summed E-state index contributed by atoms with van der Waals surface area (Å²) in [5.74, 6) is 1.09. The van der Waals surface area contributed by atoms with Crippen LogP contribution < -0.4 is 5.32 Å². The lowest BCUT2D eigenvalue weighted by Gasteiger charge is -2.27. The van der Waals surface area contributed by atoms with E-state index in [1.54, 1.807) is 0 Å². The van der Waals surface area contributed by atoms with Crippen LogP contribution in [0, 0.1) is 0 Å². The summed E-state index contributed by atoms with van der Waals surface area (Å²) in [6, 6.07) is 0.459. The van der Waals surface area contributed by atoms with Crippen molar-refractivity contribution < 1.29 is 9.84 Å². The van der Waals surface area contributed by atoms with Gasteiger partial charge in [-0.25, -0.2) is 0 Å². The van der Waals surface area contributed by atoms with Gasteiger partial charge in [0.15, 0.2) is 0 Å². The maximum absolute atomic E-state index is 8.83. The van der Waals surface area contributed by atoms with Crippen LogP contribution in [-0.2, 0) is 4.74 Å². The average molecular weight is 205 g/mol. The summed E-state index contributed by atoms with van der Waals surface area (Å²) in [4.78, 5) is 0. The topological polar surface area (TPSA) is 41.5 Å². The predicted octanol–water partition coefficient (Wildman–Crippen LogP) is 0.479. The minimum Gasteiger partial charge on any atom is -0.396 e. The van der Waals surface area contributed by atoms with Crippen molar-refractivity contribution in [3.05, 3.63) is 0 Å². The van der Waals surface area contributed by atoms with E-state index < -0.39 is 0 Å². The van der Waals surface area contributed by atoms with Crippen LogP contribution in [0.4, 0.5) is 0 Å². The number of thioether (sulfide) groups is 1. The zero-order chi connectivity index (χ0) is 9.52. The summed E-state index contributed by atoms with van der Waals surface area (Å²) in [5.41, 5.74) is 0. The van der Waals surface area contributed by atoms with E-state index in [0.29, 0.717) is 11.3 Å². The molecule has 0 saturated carbocycles. The predicted molar refractivity (Wildman–Crippen MR) is 56.2 cm³/mol. The number of nitrogens with one attached hydrogen (secondary N) is 1. The first-order chi connectivity index (χ1) is 6.36. The van der Waals surface area contributed by atoms with Gasteiger partial charge in [-0.1, -0.05) is 6.92 Å². The van der Waals surface area contributed by atoms with Crippen molar-refractivity contribution in [3.8, 4) is 0 Å². The smallest absolute Gasteiger partial charge is 0.0607 e. The fourth-order valence-electron chi connectivity index (χ4n) is 1.25. The minimum absolute atomic E-state index is 0.277. The van der Waals surface area contributed by atoms with Crippen molar-refractivity contribution in [2.45, 2.75) is 24.6 Å². The molecule has 1 atom stereocenters. The highest BCUT2D eigenvalue weighted by Gasteiger charge is 2.20. The molecule has 1 unspecified atom stereocenters. The van der Waals surface area contributed by atoms with E-state index in [2.05, 4.69) is 12.2 Å². The van der Waals surface area contributed by atoms with Crippen molar-refractivity contribution in [2.75, 3.05) is 32.1 Å². The molecule has 1 aliphatic heterocycles. The molecule has 78 valence electrons. The van der Waals surface area contributed by atoms with Crippen molar-refractivity contribution in [3.63, 3.8) is 0 Å². The molecule has 1 fully saturated rings. The zero-order valence-corrected chi connectivity index (χ0v) is 8.98. The van der Waals surface area contributed by atoms with E-state index in [4.69, 9.17) is 9.84 Å². The van der Waals surface area contributed by atoms with E-state index in [1.807, 2.05) is 11.8 Å². The molecule has 0 amide bonds. The van der Waals surface area contributed by atoms with Gasteiger partial charge in [-0.15, -0.1) is 0 Å². The summed E-state index contributed by atoms with van der Waals surface area (Å²) < 4.78 is 5.10. The average Bonchev–Trinajstić information content (AvgIpc) is 2.02. The second-order valence-corrected chi connectivity index (χ2v) is 4.59. The summed E-state index contributed by atoms with van der Waals surface area (Å²) in [6.07, 6.45) is 0.856. The molecule has 2 N–H and O–H groups in total. The molecule has 0 aromatic rings. The Morgan fingerprint density at radius 1 is 1.62 bits per heavy atom. The standard InChI is InChI=1S/C9H19NO2S/c1-2-10-8(3-4-11)7-13-9-5-12-6-9/h8-11H,2-7H2,1H3. The minimum atomic E-state index is 0.277. The second-order valence-electron chi connectivity index (χ2n) is 3.26. The summed E-state index contributed by atoms with van der Waals surface area (Å²) >= 11 is 1.95. The van der Waals surface area contributed by atoms with Gasteiger partial charge in [-0.2, -0.15) is 11.8 Å². The largest absolute Gasteiger partial charge is 0.396 e. The highest BCUT2D eigenvalue weighted by molar-refractivity contribution is 8.00. The van der Waals surface area contributed by atoms with Gasteiger partial charge in [0.05, 0.1) is 18.5 Å². The highest BCUT2D eigenvalue weighted by atomic mass is 32.2. The fraction of sp³-hybridized carbons (Fsp3) is 1.00. The maximum atomic E-state index is 8.83. The third-order valence-corrected chi connectivity index (χ3v) is 3.45. The molecule has 0 aromatic carbocycles. The van der Waals surface area contributed by atoms with Gasteiger partial charge in [-0.05, 0) is 13.0 Å².